The van der Waals surface area contributed by atoms with Gasteiger partial charge in [0.1, 0.15) is 6.10 Å². The Kier molecular flexibility index (Phi) is 6.42. The fraction of sp³-hybridized carbons (Fsp3) is 0.333. The number of aryl methyl sites for hydroxylation is 1. The first-order valence-corrected chi connectivity index (χ1v) is 7.57. The van der Waals surface area contributed by atoms with Gasteiger partial charge in [0.15, 0.2) is 0 Å². The minimum absolute atomic E-state index is 0.160. The Morgan fingerprint density at radius 3 is 2.59 bits per heavy atom. The van der Waals surface area contributed by atoms with Crippen LogP contribution >= 0.6 is 0 Å². The summed E-state index contributed by atoms with van der Waals surface area (Å²) in [6.07, 6.45) is 4.66. The first kappa shape index (κ1) is 16.0. The van der Waals surface area contributed by atoms with Crippen molar-refractivity contribution < 1.29 is 14.3 Å². The summed E-state index contributed by atoms with van der Waals surface area (Å²) < 4.78 is 10.2. The average molecular weight is 299 g/mol. The highest BCUT2D eigenvalue weighted by molar-refractivity contribution is 5.63. The van der Waals surface area contributed by atoms with Crippen molar-refractivity contribution in [3.63, 3.8) is 0 Å². The molecule has 0 fully saturated rings. The lowest BCUT2D eigenvalue weighted by molar-refractivity contribution is 0.0602. The molecule has 1 heterocycles. The Morgan fingerprint density at radius 1 is 1.09 bits per heavy atom. The maximum atomic E-state index is 11.6. The normalized spacial score (nSPS) is 11.7. The third-order valence-electron chi connectivity index (χ3n) is 3.29. The Hall–Kier alpha value is -2.36. The fourth-order valence-corrected chi connectivity index (χ4v) is 2.15. The molecule has 0 spiro atoms. The topological polar surface area (TPSA) is 48.4 Å². The molecule has 0 saturated carbocycles. The summed E-state index contributed by atoms with van der Waals surface area (Å²) in [5, 5.41) is 0. The summed E-state index contributed by atoms with van der Waals surface area (Å²) in [7, 11) is 0. The van der Waals surface area contributed by atoms with Crippen LogP contribution in [0.2, 0.25) is 0 Å². The zero-order chi connectivity index (χ0) is 15.6. The van der Waals surface area contributed by atoms with Gasteiger partial charge in [-0.05, 0) is 44.2 Å². The van der Waals surface area contributed by atoms with Crippen LogP contribution in [-0.2, 0) is 11.2 Å². The Labute approximate surface area is 131 Å². The lowest BCUT2D eigenvalue weighted by atomic mass is 10.1. The van der Waals surface area contributed by atoms with Crippen LogP contribution in [0.25, 0.3) is 0 Å². The first-order valence-electron chi connectivity index (χ1n) is 7.57. The predicted molar refractivity (Wildman–Crippen MR) is 84.8 cm³/mol. The monoisotopic (exact) mass is 299 g/mol. The number of hydrogen-bond donors (Lipinski definition) is 0. The van der Waals surface area contributed by atoms with E-state index in [0.29, 0.717) is 0 Å². The maximum absolute atomic E-state index is 11.6. The van der Waals surface area contributed by atoms with E-state index >= 15 is 0 Å². The summed E-state index contributed by atoms with van der Waals surface area (Å²) in [5.74, 6) is 0.253. The van der Waals surface area contributed by atoms with Crippen LogP contribution in [0.1, 0.15) is 31.7 Å². The SMILES string of the molecule is CC(CCCCc1ccccc1)OC(=O)Oc1ccccn1. The summed E-state index contributed by atoms with van der Waals surface area (Å²) >= 11 is 0. The standard InChI is InChI=1S/C18H21NO3/c1-15(9-5-6-12-16-10-3-2-4-11-16)21-18(20)22-17-13-7-8-14-19-17/h2-4,7-8,10-11,13-15H,5-6,9,12H2,1H3. The molecule has 0 N–H and O–H groups in total. The molecule has 0 radical (unpaired) electrons. The molecule has 1 aromatic heterocycles. The molecule has 4 nitrogen and oxygen atoms in total. The van der Waals surface area contributed by atoms with E-state index in [-0.39, 0.29) is 12.0 Å². The number of carbonyl (C=O) groups excluding carboxylic acids is 1. The molecule has 1 atom stereocenters. The Balaban J connectivity index is 1.61. The Morgan fingerprint density at radius 2 is 1.86 bits per heavy atom. The molecule has 22 heavy (non-hydrogen) atoms. The van der Waals surface area contributed by atoms with Crippen LogP contribution in [0.15, 0.2) is 54.7 Å². The second kappa shape index (κ2) is 8.82. The molecular formula is C18H21NO3. The van der Waals surface area contributed by atoms with E-state index in [0.717, 1.165) is 25.7 Å². The zero-order valence-corrected chi connectivity index (χ0v) is 12.8. The predicted octanol–water partition coefficient (Wildman–Crippen LogP) is 4.40. The van der Waals surface area contributed by atoms with E-state index in [2.05, 4.69) is 29.2 Å². The maximum Gasteiger partial charge on any atom is 0.515 e. The van der Waals surface area contributed by atoms with E-state index in [1.807, 2.05) is 13.0 Å². The van der Waals surface area contributed by atoms with Gasteiger partial charge in [-0.25, -0.2) is 9.78 Å². The molecular weight excluding hydrogens is 278 g/mol. The highest BCUT2D eigenvalue weighted by atomic mass is 16.7. The average Bonchev–Trinajstić information content (AvgIpc) is 2.53. The van der Waals surface area contributed by atoms with E-state index in [1.54, 1.807) is 24.4 Å². The number of nitrogens with zero attached hydrogens (tertiary/aromatic N) is 1. The van der Waals surface area contributed by atoms with Gasteiger partial charge in [-0.3, -0.25) is 0 Å². The lowest BCUT2D eigenvalue weighted by Crippen LogP contribution is -2.18. The van der Waals surface area contributed by atoms with Gasteiger partial charge in [-0.1, -0.05) is 36.4 Å². The molecule has 1 aromatic carbocycles. The minimum Gasteiger partial charge on any atom is -0.431 e. The molecule has 0 aliphatic rings. The lowest BCUT2D eigenvalue weighted by Gasteiger charge is -2.12. The van der Waals surface area contributed by atoms with Gasteiger partial charge in [0.2, 0.25) is 5.88 Å². The van der Waals surface area contributed by atoms with Crippen LogP contribution in [0.3, 0.4) is 0 Å². The number of benzene rings is 1. The third kappa shape index (κ3) is 5.95. The van der Waals surface area contributed by atoms with Crippen LogP contribution in [0, 0.1) is 0 Å². The largest absolute Gasteiger partial charge is 0.515 e. The number of pyridine rings is 1. The van der Waals surface area contributed by atoms with Gasteiger partial charge in [0.05, 0.1) is 0 Å². The molecule has 0 bridgehead atoms. The van der Waals surface area contributed by atoms with E-state index in [4.69, 9.17) is 9.47 Å². The van der Waals surface area contributed by atoms with Gasteiger partial charge >= 0.3 is 6.16 Å². The van der Waals surface area contributed by atoms with Crippen LogP contribution in [-0.4, -0.2) is 17.2 Å². The minimum atomic E-state index is -0.700. The summed E-state index contributed by atoms with van der Waals surface area (Å²) in [6, 6.07) is 15.5. The van der Waals surface area contributed by atoms with Crippen molar-refractivity contribution in [1.82, 2.24) is 4.98 Å². The van der Waals surface area contributed by atoms with Crippen molar-refractivity contribution in [2.45, 2.75) is 38.7 Å². The number of carbonyl (C=O) groups is 1. The summed E-state index contributed by atoms with van der Waals surface area (Å²) in [6.45, 7) is 1.88. The van der Waals surface area contributed by atoms with Gasteiger partial charge in [0, 0.05) is 12.3 Å². The summed E-state index contributed by atoms with van der Waals surface area (Å²) in [5.41, 5.74) is 1.34. The number of ether oxygens (including phenoxy) is 2. The van der Waals surface area contributed by atoms with E-state index in [1.165, 1.54) is 5.56 Å². The molecule has 0 aliphatic heterocycles. The second-order valence-corrected chi connectivity index (χ2v) is 5.18. The van der Waals surface area contributed by atoms with Crippen molar-refractivity contribution in [2.75, 3.05) is 0 Å². The van der Waals surface area contributed by atoms with Crippen LogP contribution < -0.4 is 4.74 Å². The van der Waals surface area contributed by atoms with Crippen LogP contribution in [0.5, 0.6) is 5.88 Å². The van der Waals surface area contributed by atoms with Crippen molar-refractivity contribution in [2.24, 2.45) is 0 Å². The van der Waals surface area contributed by atoms with Gasteiger partial charge < -0.3 is 9.47 Å². The molecule has 2 rings (SSSR count). The van der Waals surface area contributed by atoms with Gasteiger partial charge in [-0.15, -0.1) is 0 Å². The quantitative estimate of drug-likeness (QED) is 0.561. The molecule has 2 aromatic rings. The number of hydrogen-bond acceptors (Lipinski definition) is 4. The van der Waals surface area contributed by atoms with E-state index in [9.17, 15) is 4.79 Å². The molecule has 0 saturated heterocycles. The van der Waals surface area contributed by atoms with Gasteiger partial charge in [0.25, 0.3) is 0 Å². The van der Waals surface area contributed by atoms with Gasteiger partial charge in [-0.2, -0.15) is 0 Å². The van der Waals surface area contributed by atoms with Crippen molar-refractivity contribution in [3.05, 3.63) is 60.3 Å². The van der Waals surface area contributed by atoms with E-state index < -0.39 is 6.16 Å². The number of rotatable bonds is 7. The second-order valence-electron chi connectivity index (χ2n) is 5.18. The molecule has 116 valence electrons. The molecule has 4 heteroatoms. The van der Waals surface area contributed by atoms with Crippen molar-refractivity contribution in [3.8, 4) is 5.88 Å². The highest BCUT2D eigenvalue weighted by Gasteiger charge is 2.12. The summed E-state index contributed by atoms with van der Waals surface area (Å²) in [4.78, 5) is 15.5. The smallest absolute Gasteiger partial charge is 0.431 e. The number of aromatic nitrogens is 1. The first-order chi connectivity index (χ1) is 10.7. The molecule has 1 unspecified atom stereocenters. The highest BCUT2D eigenvalue weighted by Crippen LogP contribution is 2.11. The number of unbranched alkanes of at least 4 members (excludes halogenated alkanes) is 1. The van der Waals surface area contributed by atoms with Crippen molar-refractivity contribution in [1.29, 1.82) is 0 Å². The zero-order valence-electron chi connectivity index (χ0n) is 12.8. The third-order valence-corrected chi connectivity index (χ3v) is 3.29. The van der Waals surface area contributed by atoms with Crippen molar-refractivity contribution >= 4 is 6.16 Å². The fourth-order valence-electron chi connectivity index (χ4n) is 2.15. The Bertz CT molecular complexity index is 557. The molecule has 0 amide bonds. The molecule has 0 aliphatic carbocycles. The van der Waals surface area contributed by atoms with Crippen LogP contribution in [0.4, 0.5) is 4.79 Å².